The lowest BCUT2D eigenvalue weighted by Gasteiger charge is -2.36. The Bertz CT molecular complexity index is 1370. The van der Waals surface area contributed by atoms with Gasteiger partial charge in [-0.3, -0.25) is 10.1 Å². The molecule has 1 saturated heterocycles. The summed E-state index contributed by atoms with van der Waals surface area (Å²) in [4.78, 5) is 25.7. The number of nitrogens with one attached hydrogen (secondary N) is 4. The molecule has 1 amide bonds. The van der Waals surface area contributed by atoms with Crippen molar-refractivity contribution in [3.63, 3.8) is 0 Å². The lowest BCUT2D eigenvalue weighted by atomic mass is 9.91. The van der Waals surface area contributed by atoms with Crippen LogP contribution >= 0.6 is 0 Å². The number of nitrogens with two attached hydrogens (primary N) is 1. The maximum Gasteiger partial charge on any atom is 0.230 e. The molecular formula is C29H34FN7O3. The predicted octanol–water partition coefficient (Wildman–Crippen LogP) is 2.99. The molecule has 0 bridgehead atoms. The van der Waals surface area contributed by atoms with Gasteiger partial charge in [0.2, 0.25) is 18.0 Å². The van der Waals surface area contributed by atoms with Crippen molar-refractivity contribution < 1.29 is 18.7 Å². The van der Waals surface area contributed by atoms with Gasteiger partial charge in [-0.15, -0.1) is 0 Å². The van der Waals surface area contributed by atoms with Crippen molar-refractivity contribution in [1.82, 2.24) is 25.9 Å². The fourth-order valence-corrected chi connectivity index (χ4v) is 4.71. The van der Waals surface area contributed by atoms with Crippen molar-refractivity contribution >= 4 is 12.1 Å². The van der Waals surface area contributed by atoms with Crippen LogP contribution in [0.2, 0.25) is 0 Å². The minimum absolute atomic E-state index is 0.111. The Hall–Kier alpha value is -3.90. The number of rotatable bonds is 9. The summed E-state index contributed by atoms with van der Waals surface area (Å²) in [5.74, 6) is -1.27. The molecule has 0 aliphatic carbocycles. The van der Waals surface area contributed by atoms with E-state index in [1.165, 1.54) is 12.1 Å². The van der Waals surface area contributed by atoms with E-state index in [9.17, 15) is 9.18 Å². The molecule has 0 spiro atoms. The summed E-state index contributed by atoms with van der Waals surface area (Å²) in [5, 5.41) is 9.75. The highest BCUT2D eigenvalue weighted by Gasteiger charge is 2.43. The zero-order chi connectivity index (χ0) is 28.2. The van der Waals surface area contributed by atoms with Crippen LogP contribution in [0.4, 0.5) is 4.39 Å². The highest BCUT2D eigenvalue weighted by atomic mass is 19.1. The molecule has 3 heterocycles. The highest BCUT2D eigenvalue weighted by molar-refractivity contribution is 5.82. The highest BCUT2D eigenvalue weighted by Crippen LogP contribution is 2.37. The van der Waals surface area contributed by atoms with Crippen LogP contribution in [0.1, 0.15) is 43.3 Å². The summed E-state index contributed by atoms with van der Waals surface area (Å²) in [5.41, 5.74) is 7.55. The maximum atomic E-state index is 13.8. The number of nitrogens with zero attached hydrogens (tertiary/aromatic N) is 2. The molecule has 40 heavy (non-hydrogen) atoms. The van der Waals surface area contributed by atoms with E-state index in [4.69, 9.17) is 25.2 Å². The summed E-state index contributed by atoms with van der Waals surface area (Å²) in [7, 11) is 0. The number of aromatic amines is 1. The molecule has 0 radical (unpaired) electrons. The van der Waals surface area contributed by atoms with E-state index in [0.29, 0.717) is 35.9 Å². The van der Waals surface area contributed by atoms with Crippen molar-refractivity contribution in [3.05, 3.63) is 89.8 Å². The molecular weight excluding hydrogens is 513 g/mol. The minimum Gasteiger partial charge on any atom is -0.354 e. The number of carbonyl (C=O) groups is 1. The van der Waals surface area contributed by atoms with Gasteiger partial charge < -0.3 is 30.8 Å². The molecule has 0 saturated carbocycles. The number of amides is 1. The number of halogens is 1. The molecule has 6 N–H and O–H groups in total. The standard InChI is InChI=1S/C29H34FN7O3/c1-19(20-7-4-3-5-8-20)37-29(33-14-6-15-34-29)24-23(21-9-11-22(30)12-10-21)35-25(36-24)26-39-17-28(2,18-40-26)27(38)32-16-13-31/h3-12,14-15,19,26,33,37H,13,16-18,31H2,1-2H3,(H,32,38)(H,35,36). The summed E-state index contributed by atoms with van der Waals surface area (Å²) < 4.78 is 25.9. The second kappa shape index (κ2) is 11.7. The Kier molecular flexibility index (Phi) is 8.08. The SMILES string of the molecule is CC(NC1(c2[nH]c(C3OCC(C)(C(=O)NCCN)CO3)nc2-c2ccc(F)cc2)N=CC=CN1)c1ccccc1. The Labute approximate surface area is 232 Å². The Morgan fingerprint density at radius 1 is 1.18 bits per heavy atom. The van der Waals surface area contributed by atoms with Crippen molar-refractivity contribution in [2.75, 3.05) is 26.3 Å². The van der Waals surface area contributed by atoms with Gasteiger partial charge in [-0.05, 0) is 49.8 Å². The summed E-state index contributed by atoms with van der Waals surface area (Å²) in [6, 6.07) is 16.0. The first kappa shape index (κ1) is 27.7. The van der Waals surface area contributed by atoms with E-state index in [1.807, 2.05) is 37.3 Å². The van der Waals surface area contributed by atoms with Crippen LogP contribution in [0.25, 0.3) is 11.3 Å². The average Bonchev–Trinajstić information content (AvgIpc) is 3.44. The number of carbonyl (C=O) groups excluding carboxylic acids is 1. The Balaban J connectivity index is 1.49. The summed E-state index contributed by atoms with van der Waals surface area (Å²) in [6.45, 7) is 4.80. The molecule has 10 nitrogen and oxygen atoms in total. The second-order valence-corrected chi connectivity index (χ2v) is 10.2. The van der Waals surface area contributed by atoms with Gasteiger partial charge in [0.15, 0.2) is 5.82 Å². The number of imidazole rings is 1. The predicted molar refractivity (Wildman–Crippen MR) is 149 cm³/mol. The van der Waals surface area contributed by atoms with Gasteiger partial charge >= 0.3 is 0 Å². The van der Waals surface area contributed by atoms with Crippen molar-refractivity contribution in [2.24, 2.45) is 16.1 Å². The molecule has 11 heteroatoms. The van der Waals surface area contributed by atoms with E-state index in [2.05, 4.69) is 20.9 Å². The third kappa shape index (κ3) is 5.68. The van der Waals surface area contributed by atoms with Gasteiger partial charge in [0.05, 0.1) is 24.3 Å². The number of benzene rings is 2. The molecule has 2 atom stereocenters. The molecule has 1 aromatic heterocycles. The van der Waals surface area contributed by atoms with E-state index < -0.39 is 17.5 Å². The van der Waals surface area contributed by atoms with Crippen molar-refractivity contribution in [3.8, 4) is 11.3 Å². The molecule has 2 aliphatic rings. The number of H-pyrrole nitrogens is 1. The third-order valence-corrected chi connectivity index (χ3v) is 6.98. The zero-order valence-corrected chi connectivity index (χ0v) is 22.5. The minimum atomic E-state index is -1.13. The number of allylic oxidation sites excluding steroid dienone is 1. The lowest BCUT2D eigenvalue weighted by Crippen LogP contribution is -2.53. The van der Waals surface area contributed by atoms with E-state index >= 15 is 0 Å². The van der Waals surface area contributed by atoms with Gasteiger partial charge in [0, 0.05) is 37.1 Å². The average molecular weight is 548 g/mol. The first-order valence-electron chi connectivity index (χ1n) is 13.2. The fourth-order valence-electron chi connectivity index (χ4n) is 4.71. The van der Waals surface area contributed by atoms with Crippen molar-refractivity contribution in [2.45, 2.75) is 32.0 Å². The number of aliphatic imine (C=N–C) groups is 1. The van der Waals surface area contributed by atoms with E-state index in [-0.39, 0.29) is 31.0 Å². The number of aromatic nitrogens is 2. The van der Waals surface area contributed by atoms with Gasteiger partial charge in [0.25, 0.3) is 0 Å². The van der Waals surface area contributed by atoms with Crippen LogP contribution in [0.3, 0.4) is 0 Å². The van der Waals surface area contributed by atoms with Gasteiger partial charge in [-0.1, -0.05) is 30.3 Å². The zero-order valence-electron chi connectivity index (χ0n) is 22.5. The Morgan fingerprint density at radius 3 is 2.55 bits per heavy atom. The third-order valence-electron chi connectivity index (χ3n) is 6.98. The van der Waals surface area contributed by atoms with Crippen LogP contribution in [0, 0.1) is 11.2 Å². The summed E-state index contributed by atoms with van der Waals surface area (Å²) in [6.07, 6.45) is 4.45. The second-order valence-electron chi connectivity index (χ2n) is 10.2. The van der Waals surface area contributed by atoms with Crippen LogP contribution in [0.5, 0.6) is 0 Å². The van der Waals surface area contributed by atoms with E-state index in [1.54, 1.807) is 37.5 Å². The fraction of sp³-hybridized carbons (Fsp3) is 0.345. The van der Waals surface area contributed by atoms with E-state index in [0.717, 1.165) is 5.56 Å². The largest absolute Gasteiger partial charge is 0.354 e. The van der Waals surface area contributed by atoms with Gasteiger partial charge in [-0.25, -0.2) is 14.4 Å². The van der Waals surface area contributed by atoms with Crippen LogP contribution < -0.4 is 21.7 Å². The molecule has 5 rings (SSSR count). The van der Waals surface area contributed by atoms with Gasteiger partial charge in [-0.2, -0.15) is 0 Å². The normalized spacial score (nSPS) is 24.9. The van der Waals surface area contributed by atoms with Gasteiger partial charge in [0.1, 0.15) is 11.5 Å². The van der Waals surface area contributed by atoms with Crippen molar-refractivity contribution in [1.29, 1.82) is 0 Å². The monoisotopic (exact) mass is 547 g/mol. The maximum absolute atomic E-state index is 13.8. The number of hydrogen-bond donors (Lipinski definition) is 5. The lowest BCUT2D eigenvalue weighted by molar-refractivity contribution is -0.231. The molecule has 2 aromatic carbocycles. The first-order valence-corrected chi connectivity index (χ1v) is 13.2. The molecule has 2 aliphatic heterocycles. The number of ether oxygens (including phenoxy) is 2. The topological polar surface area (TPSA) is 139 Å². The smallest absolute Gasteiger partial charge is 0.230 e. The quantitative estimate of drug-likeness (QED) is 0.278. The van der Waals surface area contributed by atoms with Crippen LogP contribution in [-0.2, 0) is 20.1 Å². The molecule has 1 fully saturated rings. The molecule has 3 aromatic rings. The molecule has 2 unspecified atom stereocenters. The Morgan fingerprint density at radius 2 is 1.90 bits per heavy atom. The van der Waals surface area contributed by atoms with Crippen LogP contribution in [0.15, 0.2) is 71.9 Å². The molecule has 210 valence electrons. The first-order chi connectivity index (χ1) is 19.3. The van der Waals surface area contributed by atoms with Crippen LogP contribution in [-0.4, -0.2) is 48.4 Å². The summed E-state index contributed by atoms with van der Waals surface area (Å²) >= 11 is 0. The number of hydrogen-bond acceptors (Lipinski definition) is 8.